The van der Waals surface area contributed by atoms with Crippen LogP contribution in [0.5, 0.6) is 0 Å². The smallest absolute Gasteiger partial charge is 0.245 e. The Morgan fingerprint density at radius 2 is 1.30 bits per heavy atom. The Kier molecular flexibility index (Phi) is 2.66. The Morgan fingerprint density at radius 1 is 0.815 bits per heavy atom. The second-order valence-electron chi connectivity index (χ2n) is 8.60. The number of rotatable bonds is 1. The van der Waals surface area contributed by atoms with Gasteiger partial charge in [0.1, 0.15) is 0 Å². The Bertz CT molecular complexity index is 1090. The van der Waals surface area contributed by atoms with Gasteiger partial charge in [0, 0.05) is 10.8 Å². The maximum absolute atomic E-state index is 13.4. The fourth-order valence-electron chi connectivity index (χ4n) is 7.07. The lowest BCUT2D eigenvalue weighted by atomic mass is 9.35. The Morgan fingerprint density at radius 3 is 1.78 bits per heavy atom. The van der Waals surface area contributed by atoms with Crippen LogP contribution >= 0.6 is 0 Å². The van der Waals surface area contributed by atoms with E-state index in [-0.39, 0.29) is 34.3 Å². The predicted molar refractivity (Wildman–Crippen MR) is 103 cm³/mol. The van der Waals surface area contributed by atoms with Crippen molar-refractivity contribution in [1.82, 2.24) is 13.9 Å². The van der Waals surface area contributed by atoms with E-state index in [1.807, 2.05) is 30.3 Å². The third-order valence-electron chi connectivity index (χ3n) is 8.12. The number of hydrogen-bond acceptors (Lipinski definition) is 2. The van der Waals surface area contributed by atoms with Gasteiger partial charge in [-0.15, -0.1) is 0 Å². The molecule has 2 aliphatic heterocycles. The second kappa shape index (κ2) is 4.64. The molecule has 1 saturated carbocycles. The van der Waals surface area contributed by atoms with Gasteiger partial charge in [-0.25, -0.2) is 23.5 Å². The summed E-state index contributed by atoms with van der Waals surface area (Å²) >= 11 is 0. The minimum Gasteiger partial charge on any atom is -0.245 e. The second-order valence-corrected chi connectivity index (χ2v) is 8.60. The number of para-hydroxylation sites is 1. The van der Waals surface area contributed by atoms with Crippen molar-refractivity contribution in [2.45, 2.75) is 51.6 Å². The number of benzene rings is 1. The highest BCUT2D eigenvalue weighted by atomic mass is 16.2. The third-order valence-corrected chi connectivity index (χ3v) is 8.12. The van der Waals surface area contributed by atoms with Gasteiger partial charge in [0.25, 0.3) is 0 Å². The molecule has 5 aliphatic rings. The average Bonchev–Trinajstić information content (AvgIpc) is 2.99. The average molecular weight is 361 g/mol. The fraction of sp³-hybridized carbons (Fsp3) is 0.455. The highest BCUT2D eigenvalue weighted by molar-refractivity contribution is 5.51. The lowest BCUT2D eigenvalue weighted by Gasteiger charge is -2.71. The number of nitrogens with zero attached hydrogens (tertiary/aromatic N) is 3. The van der Waals surface area contributed by atoms with Gasteiger partial charge in [-0.2, -0.15) is 0 Å². The van der Waals surface area contributed by atoms with E-state index in [1.54, 1.807) is 9.36 Å². The van der Waals surface area contributed by atoms with Crippen molar-refractivity contribution in [2.24, 2.45) is 10.8 Å². The molecule has 3 heterocycles. The molecule has 5 nitrogen and oxygen atoms in total. The summed E-state index contributed by atoms with van der Waals surface area (Å²) in [5, 5.41) is 0. The molecule has 4 atom stereocenters. The zero-order chi connectivity index (χ0) is 18.6. The Balaban J connectivity index is 1.69. The summed E-state index contributed by atoms with van der Waals surface area (Å²) in [7, 11) is 0. The fourth-order valence-corrected chi connectivity index (χ4v) is 7.07. The van der Waals surface area contributed by atoms with Crippen molar-refractivity contribution in [3.8, 4) is 5.69 Å². The molecule has 0 radical (unpaired) electrons. The molecule has 138 valence electrons. The van der Waals surface area contributed by atoms with E-state index in [4.69, 9.17) is 0 Å². The highest BCUT2D eigenvalue weighted by Crippen LogP contribution is 2.78. The van der Waals surface area contributed by atoms with Gasteiger partial charge in [-0.3, -0.25) is 0 Å². The highest BCUT2D eigenvalue weighted by Gasteiger charge is 2.72. The maximum atomic E-state index is 13.4. The summed E-state index contributed by atoms with van der Waals surface area (Å²) < 4.78 is 4.88. The molecule has 7 rings (SSSR count). The van der Waals surface area contributed by atoms with Crippen LogP contribution in [0.25, 0.3) is 5.69 Å². The van der Waals surface area contributed by atoms with Crippen LogP contribution in [0.3, 0.4) is 0 Å². The molecule has 27 heavy (non-hydrogen) atoms. The normalized spacial score (nSPS) is 35.5. The standard InChI is InChI=1S/C22H23N3O2/c1-14-15(2)22-13-7-6-12-21(14,22)17-10-11-18(22)25-20(27)23(19(26)24(17)25)16-8-4-3-5-9-16/h3-5,8-11,17-18H,6-7,12-13H2,1-2H3/t17-,18-,21-,22-/m0/s1. The summed E-state index contributed by atoms with van der Waals surface area (Å²) in [5.41, 5.74) is 3.13. The van der Waals surface area contributed by atoms with Crippen LogP contribution in [-0.2, 0) is 0 Å². The monoisotopic (exact) mass is 361 g/mol. The Labute approximate surface area is 157 Å². The minimum absolute atomic E-state index is 0.00783. The lowest BCUT2D eigenvalue weighted by Crippen LogP contribution is -2.68. The maximum Gasteiger partial charge on any atom is 0.352 e. The molecule has 3 aliphatic carbocycles. The SMILES string of the molecule is CC1=C(C)[C@]23CCCC[C@@]12[C@@H]1C=C[C@@H]3n2c(=O)n(-c3ccccc3)c(=O)n21. The molecular weight excluding hydrogens is 338 g/mol. The van der Waals surface area contributed by atoms with Crippen LogP contribution in [0.15, 0.2) is 63.2 Å². The quantitative estimate of drug-likeness (QED) is 0.731. The summed E-state index contributed by atoms with van der Waals surface area (Å²) in [6.07, 6.45) is 9.00. The molecule has 1 fully saturated rings. The van der Waals surface area contributed by atoms with Crippen LogP contribution in [-0.4, -0.2) is 13.9 Å². The predicted octanol–water partition coefficient (Wildman–Crippen LogP) is 3.36. The van der Waals surface area contributed by atoms with Gasteiger partial charge in [-0.05, 0) is 38.8 Å². The van der Waals surface area contributed by atoms with E-state index < -0.39 is 0 Å². The molecule has 0 N–H and O–H groups in total. The lowest BCUT2D eigenvalue weighted by molar-refractivity contribution is -0.104. The van der Waals surface area contributed by atoms with Gasteiger partial charge < -0.3 is 0 Å². The minimum atomic E-state index is -0.212. The number of hydrogen-bond donors (Lipinski definition) is 0. The van der Waals surface area contributed by atoms with E-state index in [2.05, 4.69) is 26.0 Å². The van der Waals surface area contributed by atoms with Gasteiger partial charge >= 0.3 is 11.4 Å². The van der Waals surface area contributed by atoms with E-state index in [9.17, 15) is 9.59 Å². The molecule has 0 spiro atoms. The van der Waals surface area contributed by atoms with E-state index in [0.717, 1.165) is 12.8 Å². The molecule has 0 unspecified atom stereocenters. The van der Waals surface area contributed by atoms with Crippen molar-refractivity contribution in [3.63, 3.8) is 0 Å². The summed E-state index contributed by atoms with van der Waals surface area (Å²) in [4.78, 5) is 26.8. The van der Waals surface area contributed by atoms with Crippen LogP contribution in [0, 0.1) is 10.8 Å². The largest absolute Gasteiger partial charge is 0.352 e. The van der Waals surface area contributed by atoms with E-state index in [0.29, 0.717) is 5.69 Å². The molecule has 0 amide bonds. The van der Waals surface area contributed by atoms with Crippen molar-refractivity contribution in [1.29, 1.82) is 0 Å². The van der Waals surface area contributed by atoms with E-state index in [1.165, 1.54) is 28.6 Å². The summed E-state index contributed by atoms with van der Waals surface area (Å²) in [5.74, 6) is 0. The topological polar surface area (TPSA) is 48.9 Å². The molecular formula is C22H23N3O2. The third kappa shape index (κ3) is 1.38. The molecule has 5 heteroatoms. The van der Waals surface area contributed by atoms with Crippen molar-refractivity contribution in [3.05, 3.63) is 74.6 Å². The first-order valence-electron chi connectivity index (χ1n) is 9.94. The zero-order valence-corrected chi connectivity index (χ0v) is 15.7. The Hall–Kier alpha value is -2.56. The van der Waals surface area contributed by atoms with Crippen molar-refractivity contribution in [2.75, 3.05) is 0 Å². The van der Waals surface area contributed by atoms with Gasteiger partial charge in [0.2, 0.25) is 0 Å². The van der Waals surface area contributed by atoms with Gasteiger partial charge in [0.15, 0.2) is 0 Å². The van der Waals surface area contributed by atoms with Crippen molar-refractivity contribution >= 4 is 0 Å². The van der Waals surface area contributed by atoms with Gasteiger partial charge in [-0.1, -0.05) is 54.3 Å². The summed E-state index contributed by atoms with van der Waals surface area (Å²) in [6, 6.07) is 9.18. The van der Waals surface area contributed by atoms with Crippen LogP contribution < -0.4 is 11.4 Å². The molecule has 1 aromatic carbocycles. The summed E-state index contributed by atoms with van der Waals surface area (Å²) in [6.45, 7) is 4.49. The number of allylic oxidation sites excluding steroid dienone is 4. The first-order chi connectivity index (χ1) is 13.1. The first-order valence-corrected chi connectivity index (χ1v) is 9.94. The molecule has 2 aromatic rings. The number of aromatic nitrogens is 3. The first kappa shape index (κ1) is 15.5. The van der Waals surface area contributed by atoms with Crippen LogP contribution in [0.2, 0.25) is 0 Å². The van der Waals surface area contributed by atoms with Crippen LogP contribution in [0.4, 0.5) is 0 Å². The molecule has 0 saturated heterocycles. The molecule has 1 aromatic heterocycles. The van der Waals surface area contributed by atoms with Gasteiger partial charge in [0.05, 0.1) is 17.8 Å². The molecule has 2 bridgehead atoms. The van der Waals surface area contributed by atoms with E-state index >= 15 is 0 Å². The zero-order valence-electron chi connectivity index (χ0n) is 15.7. The van der Waals surface area contributed by atoms with Crippen molar-refractivity contribution < 1.29 is 0 Å². The van der Waals surface area contributed by atoms with Crippen LogP contribution in [0.1, 0.15) is 51.6 Å².